The molecule has 0 aliphatic heterocycles. The molecule has 0 saturated carbocycles. The zero-order chi connectivity index (χ0) is 18.2. The summed E-state index contributed by atoms with van der Waals surface area (Å²) >= 11 is 5.09. The molecule has 0 amide bonds. The second kappa shape index (κ2) is 7.62. The van der Waals surface area contributed by atoms with E-state index < -0.39 is 13.8 Å². The molecule has 0 bridgehead atoms. The molecule has 0 atom stereocenters. The van der Waals surface area contributed by atoms with Crippen molar-refractivity contribution in [3.63, 3.8) is 0 Å². The Morgan fingerprint density at radius 1 is 0.792 bits per heavy atom. The third-order valence-corrected chi connectivity index (χ3v) is 16.9. The van der Waals surface area contributed by atoms with Crippen LogP contribution in [0.2, 0.25) is 4.47 Å². The van der Waals surface area contributed by atoms with Crippen molar-refractivity contribution in [2.75, 3.05) is 0 Å². The zero-order valence-corrected chi connectivity index (χ0v) is 20.6. The monoisotopic (exact) mass is 568 g/mol. The molecule has 1 nitrogen and oxygen atoms in total. The van der Waals surface area contributed by atoms with Crippen LogP contribution in [0, 0.1) is 41.5 Å². The van der Waals surface area contributed by atoms with Crippen LogP contribution in [0.3, 0.4) is 0 Å². The van der Waals surface area contributed by atoms with Gasteiger partial charge in [-0.15, -0.1) is 0 Å². The second-order valence-electron chi connectivity index (χ2n) is 6.64. The first kappa shape index (κ1) is 20.2. The molecule has 2 aromatic carbocycles. The predicted octanol–water partition coefficient (Wildman–Crippen LogP) is 5.86. The summed E-state index contributed by atoms with van der Waals surface area (Å²) in [6.07, 6.45) is 0. The van der Waals surface area contributed by atoms with Crippen LogP contribution in [0.5, 0.6) is 0 Å². The molecule has 0 unspecified atom stereocenters. The number of hydrogen-bond donors (Lipinski definition) is 0. The van der Waals surface area contributed by atoms with Gasteiger partial charge in [-0.2, -0.15) is 0 Å². The maximum absolute atomic E-state index is 13.1. The Morgan fingerprint density at radius 3 is 1.58 bits per heavy atom. The third kappa shape index (κ3) is 4.33. The summed E-state index contributed by atoms with van der Waals surface area (Å²) < 4.78 is 1.89. The van der Waals surface area contributed by atoms with E-state index in [1.165, 1.54) is 25.9 Å². The number of carbonyl (C=O) groups excluding carboxylic acids is 1. The first-order valence-electron chi connectivity index (χ1n) is 7.92. The summed E-state index contributed by atoms with van der Waals surface area (Å²) in [5.74, 6) is 0.235. The van der Waals surface area contributed by atoms with Crippen molar-refractivity contribution in [2.45, 2.75) is 46.0 Å². The van der Waals surface area contributed by atoms with Crippen molar-refractivity contribution >= 4 is 48.7 Å². The summed E-state index contributed by atoms with van der Waals surface area (Å²) in [6.45, 7) is 12.5. The summed E-state index contributed by atoms with van der Waals surface area (Å²) in [5, 5.41) is 0. The van der Waals surface area contributed by atoms with Crippen LogP contribution in [0.1, 0.15) is 43.7 Å². The van der Waals surface area contributed by atoms with Crippen LogP contribution >= 0.6 is 25.5 Å². The minimum atomic E-state index is -2.84. The molecule has 130 valence electrons. The Labute approximate surface area is 161 Å². The van der Waals surface area contributed by atoms with Gasteiger partial charge < -0.3 is 0 Å². The van der Waals surface area contributed by atoms with Gasteiger partial charge in [-0.1, -0.05) is 0 Å². The van der Waals surface area contributed by atoms with Crippen molar-refractivity contribution in [2.24, 2.45) is 0 Å². The molecule has 0 heterocycles. The van der Waals surface area contributed by atoms with Crippen molar-refractivity contribution in [3.8, 4) is 0 Å². The van der Waals surface area contributed by atoms with Crippen LogP contribution in [0.4, 0.5) is 0 Å². The normalized spacial score (nSPS) is 12.3. The Morgan fingerprint density at radius 2 is 1.17 bits per heavy atom. The van der Waals surface area contributed by atoms with Gasteiger partial charge >= 0.3 is 163 Å². The van der Waals surface area contributed by atoms with E-state index in [1.54, 1.807) is 0 Å². The maximum atomic E-state index is 13.1. The van der Waals surface area contributed by atoms with E-state index in [4.69, 9.17) is 0 Å². The van der Waals surface area contributed by atoms with E-state index in [2.05, 4.69) is 77.5 Å². The van der Waals surface area contributed by atoms with Crippen molar-refractivity contribution in [1.29, 1.82) is 0 Å². The minimum absolute atomic E-state index is 0.235. The predicted molar refractivity (Wildman–Crippen MR) is 114 cm³/mol. The number of halogens is 2. The fraction of sp³-hybridized carbons (Fsp3) is 0.350. The van der Waals surface area contributed by atoms with E-state index in [-0.39, 0.29) is 5.78 Å². The Balaban J connectivity index is 2.42. The van der Waals surface area contributed by atoms with Gasteiger partial charge in [0.2, 0.25) is 0 Å². The van der Waals surface area contributed by atoms with Gasteiger partial charge in [-0.05, 0) is 0 Å². The van der Waals surface area contributed by atoms with E-state index >= 15 is 0 Å². The second-order valence-corrected chi connectivity index (χ2v) is 32.6. The van der Waals surface area contributed by atoms with Gasteiger partial charge in [0.15, 0.2) is 0 Å². The molecule has 0 aromatic heterocycles. The topological polar surface area (TPSA) is 17.1 Å². The molecular formula is C20H24Br2OTe. The van der Waals surface area contributed by atoms with Gasteiger partial charge in [-0.25, -0.2) is 0 Å². The molecule has 0 N–H and O–H groups in total. The quantitative estimate of drug-likeness (QED) is 0.334. The van der Waals surface area contributed by atoms with Crippen LogP contribution in [0.15, 0.2) is 24.3 Å². The van der Waals surface area contributed by atoms with E-state index in [0.29, 0.717) is 4.47 Å². The molecule has 0 aliphatic carbocycles. The van der Waals surface area contributed by atoms with Gasteiger partial charge in [-0.3, -0.25) is 0 Å². The molecule has 0 fully saturated rings. The van der Waals surface area contributed by atoms with Gasteiger partial charge in [0, 0.05) is 0 Å². The van der Waals surface area contributed by atoms with Gasteiger partial charge in [0.05, 0.1) is 0 Å². The van der Waals surface area contributed by atoms with Gasteiger partial charge in [0.25, 0.3) is 0 Å². The molecule has 0 aliphatic rings. The summed E-state index contributed by atoms with van der Waals surface area (Å²) in [6, 6.07) is 8.61. The molecule has 0 saturated heterocycles. The van der Waals surface area contributed by atoms with E-state index in [0.717, 1.165) is 16.7 Å². The summed E-state index contributed by atoms with van der Waals surface area (Å²) in [7, 11) is 0. The average Bonchev–Trinajstić information content (AvgIpc) is 2.33. The number of Topliss-reactive ketones (excluding diaryl/α,β-unsaturated/α-hetero) is 1. The Hall–Kier alpha value is -0.140. The average molecular weight is 568 g/mol. The Kier molecular flexibility index (Phi) is 6.41. The summed E-state index contributed by atoms with van der Waals surface area (Å²) in [5.41, 5.74) is 8.06. The summed E-state index contributed by atoms with van der Waals surface area (Å²) in [4.78, 5) is 13.1. The van der Waals surface area contributed by atoms with Crippen LogP contribution in [-0.2, 0) is 0 Å². The van der Waals surface area contributed by atoms with Crippen molar-refractivity contribution < 1.29 is 4.79 Å². The fourth-order valence-corrected chi connectivity index (χ4v) is 18.0. The molecule has 24 heavy (non-hydrogen) atoms. The molecule has 2 rings (SSSR count). The number of rotatable bonds is 4. The Bertz CT molecular complexity index is 763. The van der Waals surface area contributed by atoms with Crippen molar-refractivity contribution in [3.05, 3.63) is 63.2 Å². The molecule has 0 radical (unpaired) electrons. The number of aryl methyl sites for hydroxylation is 6. The first-order chi connectivity index (χ1) is 11.0. The number of hydrogen-bond acceptors (Lipinski definition) is 1. The number of benzene rings is 2. The SMILES string of the molecule is Cc1cc(C)c(C(=O)C[Te](Br)(Br)c2c(C)cc(C)cc2C)c(C)c1. The molecule has 0 spiro atoms. The first-order valence-corrected chi connectivity index (χ1v) is 21.2. The van der Waals surface area contributed by atoms with E-state index in [1.807, 2.05) is 13.8 Å². The van der Waals surface area contributed by atoms with Crippen LogP contribution < -0.4 is 3.61 Å². The fourth-order valence-electron chi connectivity index (χ4n) is 3.57. The van der Waals surface area contributed by atoms with E-state index in [9.17, 15) is 4.79 Å². The standard InChI is InChI=1S/C20H24Br2OTe/c1-12-7-14(3)19(15(4)8-12)18(23)11-24(21,22)20-16(5)9-13(2)10-17(20)6/h7-10H,11H2,1-6H3. The molecule has 2 aromatic rings. The van der Waals surface area contributed by atoms with Gasteiger partial charge in [0.1, 0.15) is 0 Å². The third-order valence-electron chi connectivity index (χ3n) is 4.17. The molecule has 4 heteroatoms. The zero-order valence-electron chi connectivity index (χ0n) is 15.1. The molecular weight excluding hydrogens is 544 g/mol. The van der Waals surface area contributed by atoms with Crippen LogP contribution in [-0.4, -0.2) is 19.5 Å². The number of ketones is 1. The van der Waals surface area contributed by atoms with Crippen LogP contribution in [0.25, 0.3) is 0 Å². The number of carbonyl (C=O) groups is 1. The van der Waals surface area contributed by atoms with Crippen molar-refractivity contribution in [1.82, 2.24) is 0 Å².